The first kappa shape index (κ1) is 18.5. The molecule has 0 saturated carbocycles. The highest BCUT2D eigenvalue weighted by Crippen LogP contribution is 2.14. The van der Waals surface area contributed by atoms with Gasteiger partial charge < -0.3 is 4.12 Å². The van der Waals surface area contributed by atoms with E-state index in [4.69, 9.17) is 0 Å². The van der Waals surface area contributed by atoms with Crippen LogP contribution in [-0.4, -0.2) is 44.6 Å². The predicted molar refractivity (Wildman–Crippen MR) is 89.1 cm³/mol. The average molecular weight is 366 g/mol. The first-order chi connectivity index (χ1) is 12.0. The van der Waals surface area contributed by atoms with E-state index >= 15 is 0 Å². The number of rotatable bonds is 0. The van der Waals surface area contributed by atoms with Gasteiger partial charge in [-0.2, -0.15) is 0 Å². The highest BCUT2D eigenvalue weighted by atomic mass is 28.3. The molecule has 2 aliphatic heterocycles. The second-order valence-electron chi connectivity index (χ2n) is 4.76. The minimum absolute atomic E-state index is 0.300. The molecule has 0 saturated heterocycles. The maximum absolute atomic E-state index is 10.9. The Morgan fingerprint density at radius 2 is 0.760 bits per heavy atom. The first-order valence-electron chi connectivity index (χ1n) is 6.88. The Morgan fingerprint density at radius 3 is 0.960 bits per heavy atom. The summed E-state index contributed by atoms with van der Waals surface area (Å²) >= 11 is 0. The van der Waals surface area contributed by atoms with Gasteiger partial charge in [0, 0.05) is 0 Å². The van der Waals surface area contributed by atoms with Gasteiger partial charge in [-0.15, -0.1) is 0 Å². The smallest absolute Gasteiger partial charge is 0.258 e. The molecule has 122 valence electrons. The lowest BCUT2D eigenvalue weighted by molar-refractivity contribution is 0.0863. The third kappa shape index (κ3) is 4.15. The molecular weight excluding hydrogens is 356 g/mol. The zero-order chi connectivity index (χ0) is 18.4. The van der Waals surface area contributed by atoms with E-state index in [1.807, 2.05) is 0 Å². The minimum atomic E-state index is -0.300. The zero-order valence-electron chi connectivity index (χ0n) is 12.7. The van der Waals surface area contributed by atoms with Gasteiger partial charge in [0.15, 0.2) is 0 Å². The van der Waals surface area contributed by atoms with Crippen LogP contribution in [0.15, 0.2) is 48.5 Å². The van der Waals surface area contributed by atoms with Crippen molar-refractivity contribution in [2.45, 2.75) is 0 Å². The SMILES string of the molecule is O=C1NC(=O)c2ccccc21.O=C1NC(=O)c2ccccc21.[Si]O[Si]. The molecule has 0 spiro atoms. The number of carbonyl (C=O) groups is 4. The second-order valence-corrected chi connectivity index (χ2v) is 5.58. The van der Waals surface area contributed by atoms with Crippen molar-refractivity contribution in [2.75, 3.05) is 0 Å². The molecule has 2 N–H and O–H groups in total. The van der Waals surface area contributed by atoms with Crippen LogP contribution in [0.25, 0.3) is 0 Å². The molecule has 2 aliphatic rings. The fraction of sp³-hybridized carbons (Fsp3) is 0. The fourth-order valence-corrected chi connectivity index (χ4v) is 2.23. The Bertz CT molecular complexity index is 718. The number of fused-ring (bicyclic) bond motifs is 2. The van der Waals surface area contributed by atoms with Crippen LogP contribution in [0.4, 0.5) is 0 Å². The lowest BCUT2D eigenvalue weighted by atomic mass is 10.1. The Balaban J connectivity index is 0.000000156. The fourth-order valence-electron chi connectivity index (χ4n) is 2.23. The van der Waals surface area contributed by atoms with Crippen molar-refractivity contribution in [3.63, 3.8) is 0 Å². The zero-order valence-corrected chi connectivity index (χ0v) is 14.7. The van der Waals surface area contributed by atoms with Crippen LogP contribution in [-0.2, 0) is 4.12 Å². The molecule has 0 unspecified atom stereocenters. The summed E-state index contributed by atoms with van der Waals surface area (Å²) in [6.45, 7) is 0. The van der Waals surface area contributed by atoms with Gasteiger partial charge in [0.2, 0.25) is 21.0 Å². The lowest BCUT2D eigenvalue weighted by Crippen LogP contribution is -2.19. The quantitative estimate of drug-likeness (QED) is 0.516. The van der Waals surface area contributed by atoms with Gasteiger partial charge in [-0.3, -0.25) is 29.8 Å². The molecule has 0 aliphatic carbocycles. The van der Waals surface area contributed by atoms with Gasteiger partial charge >= 0.3 is 0 Å². The monoisotopic (exact) mass is 366 g/mol. The second kappa shape index (κ2) is 8.28. The molecule has 0 fully saturated rings. The van der Waals surface area contributed by atoms with Crippen molar-refractivity contribution >= 4 is 44.6 Å². The van der Waals surface area contributed by atoms with E-state index in [0.29, 0.717) is 22.3 Å². The highest BCUT2D eigenvalue weighted by molar-refractivity contribution is 6.22. The van der Waals surface area contributed by atoms with Gasteiger partial charge in [0.05, 0.1) is 22.3 Å². The largest absolute Gasteiger partial charge is 0.458 e. The van der Waals surface area contributed by atoms with Crippen LogP contribution in [0.5, 0.6) is 0 Å². The van der Waals surface area contributed by atoms with Gasteiger partial charge in [-0.25, -0.2) is 0 Å². The number of hydrogen-bond donors (Lipinski definition) is 2. The third-order valence-corrected chi connectivity index (χ3v) is 3.29. The Hall–Kier alpha value is -2.89. The molecule has 2 aromatic rings. The Morgan fingerprint density at radius 1 is 0.560 bits per heavy atom. The molecule has 0 aromatic heterocycles. The van der Waals surface area contributed by atoms with E-state index in [1.54, 1.807) is 48.5 Å². The molecule has 4 rings (SSSR count). The molecule has 0 bridgehead atoms. The van der Waals surface area contributed by atoms with E-state index in [-0.39, 0.29) is 23.6 Å². The molecule has 25 heavy (non-hydrogen) atoms. The van der Waals surface area contributed by atoms with Crippen LogP contribution in [0.3, 0.4) is 0 Å². The van der Waals surface area contributed by atoms with Crippen molar-refractivity contribution in [2.24, 2.45) is 0 Å². The summed E-state index contributed by atoms with van der Waals surface area (Å²) in [6.07, 6.45) is 0. The molecule has 4 amide bonds. The Labute approximate surface area is 149 Å². The topological polar surface area (TPSA) is 102 Å². The number of nitrogens with one attached hydrogen (secondary N) is 2. The van der Waals surface area contributed by atoms with E-state index in [0.717, 1.165) is 0 Å². The minimum Gasteiger partial charge on any atom is -0.458 e. The van der Waals surface area contributed by atoms with Crippen LogP contribution < -0.4 is 10.6 Å². The predicted octanol–water partition coefficient (Wildman–Crippen LogP) is 0.310. The van der Waals surface area contributed by atoms with Crippen LogP contribution in [0, 0.1) is 0 Å². The standard InChI is InChI=1S/2C8H5NO2.OSi2/c2*10-7-5-3-1-2-4-6(5)8(11)9-7;2-1-3/h2*1-4H,(H,9,10,11);. The van der Waals surface area contributed by atoms with E-state index in [2.05, 4.69) is 35.7 Å². The number of amides is 4. The van der Waals surface area contributed by atoms with E-state index < -0.39 is 0 Å². The highest BCUT2D eigenvalue weighted by Gasteiger charge is 2.25. The number of imide groups is 2. The van der Waals surface area contributed by atoms with Crippen LogP contribution >= 0.6 is 0 Å². The summed E-state index contributed by atoms with van der Waals surface area (Å²) in [6, 6.07) is 13.5. The number of hydrogen-bond acceptors (Lipinski definition) is 5. The summed E-state index contributed by atoms with van der Waals surface area (Å²) < 4.78 is 3.86. The van der Waals surface area contributed by atoms with Crippen molar-refractivity contribution < 1.29 is 23.3 Å². The van der Waals surface area contributed by atoms with Crippen LogP contribution in [0.2, 0.25) is 0 Å². The normalized spacial score (nSPS) is 13.5. The summed E-state index contributed by atoms with van der Waals surface area (Å²) in [7, 11) is 5.19. The summed E-state index contributed by atoms with van der Waals surface area (Å²) in [5.41, 5.74) is 1.88. The van der Waals surface area contributed by atoms with Crippen molar-refractivity contribution in [3.8, 4) is 0 Å². The molecule has 2 aromatic carbocycles. The molecule has 7 nitrogen and oxygen atoms in total. The van der Waals surface area contributed by atoms with E-state index in [1.165, 1.54) is 0 Å². The number of benzene rings is 2. The summed E-state index contributed by atoms with van der Waals surface area (Å²) in [5.74, 6) is -1.20. The maximum Gasteiger partial charge on any atom is 0.258 e. The van der Waals surface area contributed by atoms with Crippen LogP contribution in [0.1, 0.15) is 41.4 Å². The van der Waals surface area contributed by atoms with Gasteiger partial charge in [-0.05, 0) is 24.3 Å². The van der Waals surface area contributed by atoms with Gasteiger partial charge in [0.1, 0.15) is 0 Å². The van der Waals surface area contributed by atoms with Gasteiger partial charge in [-0.1, -0.05) is 24.3 Å². The molecule has 2 heterocycles. The Kier molecular flexibility index (Phi) is 6.11. The lowest BCUT2D eigenvalue weighted by Gasteiger charge is -1.88. The van der Waals surface area contributed by atoms with E-state index in [9.17, 15) is 19.2 Å². The van der Waals surface area contributed by atoms with Crippen molar-refractivity contribution in [1.29, 1.82) is 0 Å². The number of carbonyl (C=O) groups excluding carboxylic acids is 4. The third-order valence-electron chi connectivity index (χ3n) is 3.29. The first-order valence-corrected chi connectivity index (χ1v) is 7.70. The average Bonchev–Trinajstić information content (AvgIpc) is 3.06. The maximum atomic E-state index is 10.9. The molecular formula is C16H10N2O5Si2. The van der Waals surface area contributed by atoms with Crippen molar-refractivity contribution in [1.82, 2.24) is 10.6 Å². The van der Waals surface area contributed by atoms with Gasteiger partial charge in [0.25, 0.3) is 23.6 Å². The molecule has 0 atom stereocenters. The molecule has 9 heteroatoms. The molecule has 6 radical (unpaired) electrons. The van der Waals surface area contributed by atoms with Crippen molar-refractivity contribution in [3.05, 3.63) is 70.8 Å². The summed E-state index contributed by atoms with van der Waals surface area (Å²) in [5, 5.41) is 4.41. The summed E-state index contributed by atoms with van der Waals surface area (Å²) in [4.78, 5) is 43.8.